The third-order valence-corrected chi connectivity index (χ3v) is 1.50. The van der Waals surface area contributed by atoms with E-state index >= 15 is 0 Å². The Labute approximate surface area is 79.3 Å². The first-order valence-electron chi connectivity index (χ1n) is 2.52. The van der Waals surface area contributed by atoms with E-state index in [-0.39, 0.29) is 25.9 Å². The van der Waals surface area contributed by atoms with Gasteiger partial charge in [-0.25, -0.2) is 0 Å². The molecule has 1 rings (SSSR count). The zero-order chi connectivity index (χ0) is 5.98. The van der Waals surface area contributed by atoms with Gasteiger partial charge < -0.3 is 2.85 Å². The monoisotopic (exact) mass is 152 g/mol. The van der Waals surface area contributed by atoms with Crippen LogP contribution in [-0.2, 0) is 0 Å². The van der Waals surface area contributed by atoms with Gasteiger partial charge in [-0.05, 0) is 18.6 Å². The Bertz CT molecular complexity index is 173. The molecular weight excluding hydrogens is 144 g/mol. The molecule has 0 aliphatic rings. The largest absolute Gasteiger partial charge is 2.00 e. The summed E-state index contributed by atoms with van der Waals surface area (Å²) in [5.41, 5.74) is 1.13. The minimum absolute atomic E-state index is 0. The third kappa shape index (κ3) is 2.56. The summed E-state index contributed by atoms with van der Waals surface area (Å²) in [7, 11) is 0. The number of hydrogen-bond acceptors (Lipinski definition) is 0. The van der Waals surface area contributed by atoms with Crippen LogP contribution in [0.3, 0.4) is 0 Å². The fourth-order valence-electron chi connectivity index (χ4n) is 0.551. The van der Waals surface area contributed by atoms with Gasteiger partial charge >= 0.3 is 23.1 Å². The van der Waals surface area contributed by atoms with Crippen molar-refractivity contribution < 1.29 is 2.85 Å². The average molecular weight is 153 g/mol. The van der Waals surface area contributed by atoms with Gasteiger partial charge in [0.25, 0.3) is 0 Å². The summed E-state index contributed by atoms with van der Waals surface area (Å²) < 4.78 is 0. The molecule has 0 atom stereocenters. The Morgan fingerprint density at radius 3 is 2.22 bits per heavy atom. The summed E-state index contributed by atoms with van der Waals surface area (Å²) >= 11 is 5.71. The van der Waals surface area contributed by atoms with E-state index in [1.165, 1.54) is 0 Å². The van der Waals surface area contributed by atoms with Crippen LogP contribution in [0.15, 0.2) is 24.3 Å². The van der Waals surface area contributed by atoms with Gasteiger partial charge in [-0.3, -0.25) is 0 Å². The quantitative estimate of drug-likeness (QED) is 0.502. The van der Waals surface area contributed by atoms with Crippen LogP contribution in [0.25, 0.3) is 0 Å². The summed E-state index contributed by atoms with van der Waals surface area (Å²) in [6.07, 6.45) is 0. The van der Waals surface area contributed by atoms with E-state index in [9.17, 15) is 0 Å². The maximum Gasteiger partial charge on any atom is 2.00 e. The topological polar surface area (TPSA) is 0 Å². The van der Waals surface area contributed by atoms with Crippen LogP contribution >= 0.6 is 11.6 Å². The van der Waals surface area contributed by atoms with Crippen molar-refractivity contribution in [2.24, 2.45) is 0 Å². The molecule has 0 N–H and O–H groups in total. The first-order valence-corrected chi connectivity index (χ1v) is 2.89. The van der Waals surface area contributed by atoms with Crippen LogP contribution in [0.1, 0.15) is 8.42 Å². The van der Waals surface area contributed by atoms with Gasteiger partial charge in [0.05, 0.1) is 0 Å². The van der Waals surface area contributed by atoms with Gasteiger partial charge in [0, 0.05) is 5.02 Å². The van der Waals surface area contributed by atoms with Crippen LogP contribution < -0.4 is 0 Å². The van der Waals surface area contributed by atoms with E-state index in [0.717, 1.165) is 10.6 Å². The molecule has 0 heterocycles. The minimum atomic E-state index is 0. The molecule has 0 bridgehead atoms. The Morgan fingerprint density at radius 1 is 1.33 bits per heavy atom. The smallest absolute Gasteiger partial charge is 1.00 e. The first kappa shape index (κ1) is 9.28. The molecule has 0 unspecified atom stereocenters. The molecule has 1 aromatic rings. The van der Waals surface area contributed by atoms with E-state index in [2.05, 4.69) is 0 Å². The van der Waals surface area contributed by atoms with Crippen molar-refractivity contribution >= 4 is 34.7 Å². The molecule has 0 amide bonds. The van der Waals surface area contributed by atoms with Gasteiger partial charge in [0.15, 0.2) is 0 Å². The number of hydrogen-bond donors (Lipinski definition) is 0. The second-order valence-electron chi connectivity index (χ2n) is 1.75. The Kier molecular flexibility index (Phi) is 4.28. The predicted molar refractivity (Wildman–Crippen MR) is 44.2 cm³/mol. The average Bonchev–Trinajstić information content (AvgIpc) is 1.77. The van der Waals surface area contributed by atoms with Crippen molar-refractivity contribution in [1.82, 2.24) is 0 Å². The first-order chi connectivity index (χ1) is 3.80. The summed E-state index contributed by atoms with van der Waals surface area (Å²) in [5.74, 6) is 0. The van der Waals surface area contributed by atoms with E-state index in [1.807, 2.05) is 31.2 Å². The van der Waals surface area contributed by atoms with Crippen LogP contribution in [-0.4, -0.2) is 23.1 Å². The van der Waals surface area contributed by atoms with Crippen LogP contribution in [0.2, 0.25) is 5.02 Å². The van der Waals surface area contributed by atoms with Gasteiger partial charge in [0.2, 0.25) is 0 Å². The van der Waals surface area contributed by atoms with Gasteiger partial charge in [-0.2, -0.15) is 0 Å². The van der Waals surface area contributed by atoms with Crippen molar-refractivity contribution in [2.45, 2.75) is 6.92 Å². The van der Waals surface area contributed by atoms with Gasteiger partial charge in [-0.15, -0.1) is 0 Å². The molecule has 0 aromatic heterocycles. The Hall–Kier alpha value is 0.276. The van der Waals surface area contributed by atoms with E-state index in [4.69, 9.17) is 11.6 Å². The third-order valence-electron chi connectivity index (χ3n) is 1.08. The number of halogens is 1. The maximum absolute atomic E-state index is 5.71. The molecule has 46 valence electrons. The van der Waals surface area contributed by atoms with Crippen molar-refractivity contribution in [1.29, 1.82) is 0 Å². The molecule has 2 heteroatoms. The molecule has 9 heavy (non-hydrogen) atoms. The Morgan fingerprint density at radius 2 is 1.89 bits per heavy atom. The second-order valence-corrected chi connectivity index (χ2v) is 2.16. The van der Waals surface area contributed by atoms with Crippen LogP contribution in [0.5, 0.6) is 0 Å². The molecule has 0 spiro atoms. The number of aryl methyl sites for hydroxylation is 1. The molecule has 0 aliphatic heterocycles. The summed E-state index contributed by atoms with van der Waals surface area (Å²) in [4.78, 5) is 0. The normalized spacial score (nSPS) is 8.22. The van der Waals surface area contributed by atoms with E-state index in [1.54, 1.807) is 0 Å². The van der Waals surface area contributed by atoms with Crippen molar-refractivity contribution in [3.8, 4) is 0 Å². The molecule has 0 saturated carbocycles. The zero-order valence-corrected chi connectivity index (χ0v) is 7.56. The predicted octanol–water partition coefficient (Wildman–Crippen LogP) is 2.49. The SMILES string of the molecule is Cc1ccccc1Cl.[H-].[H-].[Mg+2]. The number of rotatable bonds is 0. The standard InChI is InChI=1S/C7H7Cl.Mg.2H/c1-6-4-2-3-5-7(6)8;;;/h2-5H,1H3;;;/q;+2;2*-1. The van der Waals surface area contributed by atoms with Crippen LogP contribution in [0, 0.1) is 6.92 Å². The molecule has 0 fully saturated rings. The van der Waals surface area contributed by atoms with Gasteiger partial charge in [0.1, 0.15) is 0 Å². The van der Waals surface area contributed by atoms with E-state index < -0.39 is 0 Å². The fraction of sp³-hybridized carbons (Fsp3) is 0.143. The Balaban J connectivity index is -0.000000213. The molecule has 0 saturated heterocycles. The molecule has 0 radical (unpaired) electrons. The zero-order valence-electron chi connectivity index (χ0n) is 7.39. The van der Waals surface area contributed by atoms with Crippen molar-refractivity contribution in [3.05, 3.63) is 34.9 Å². The molecular formula is C7H9ClMg. The number of benzene rings is 1. The van der Waals surface area contributed by atoms with Crippen molar-refractivity contribution in [3.63, 3.8) is 0 Å². The molecule has 0 nitrogen and oxygen atoms in total. The summed E-state index contributed by atoms with van der Waals surface area (Å²) in [6, 6.07) is 7.77. The van der Waals surface area contributed by atoms with Crippen molar-refractivity contribution in [2.75, 3.05) is 0 Å². The fourth-order valence-corrected chi connectivity index (χ4v) is 0.687. The van der Waals surface area contributed by atoms with E-state index in [0.29, 0.717) is 0 Å². The van der Waals surface area contributed by atoms with Gasteiger partial charge in [-0.1, -0.05) is 29.8 Å². The second kappa shape index (κ2) is 4.15. The molecule has 0 aliphatic carbocycles. The summed E-state index contributed by atoms with van der Waals surface area (Å²) in [6.45, 7) is 1.99. The van der Waals surface area contributed by atoms with Crippen LogP contribution in [0.4, 0.5) is 0 Å². The molecule has 1 aromatic carbocycles. The maximum atomic E-state index is 5.71. The minimum Gasteiger partial charge on any atom is -1.00 e. The summed E-state index contributed by atoms with van der Waals surface area (Å²) in [5, 5.41) is 0.840.